The first-order valence-electron chi connectivity index (χ1n) is 4.03. The second-order valence-electron chi connectivity index (χ2n) is 2.95. The largest absolute Gasteiger partial charge is 0.106 e. The average molecular weight is 150 g/mol. The van der Waals surface area contributed by atoms with Crippen molar-refractivity contribution in [1.29, 1.82) is 0 Å². The van der Waals surface area contributed by atoms with Crippen molar-refractivity contribution < 1.29 is 0 Å². The molecule has 0 unspecified atom stereocenters. The van der Waals surface area contributed by atoms with E-state index in [2.05, 4.69) is 40.0 Å². The SMILES string of the molecule is C=C.CC1=CC(C)=C(C)CC1. The van der Waals surface area contributed by atoms with Gasteiger partial charge in [-0.1, -0.05) is 22.8 Å². The van der Waals surface area contributed by atoms with Gasteiger partial charge >= 0.3 is 0 Å². The number of hydrogen-bond acceptors (Lipinski definition) is 0. The van der Waals surface area contributed by atoms with Crippen LogP contribution in [0.25, 0.3) is 0 Å². The lowest BCUT2D eigenvalue weighted by Crippen LogP contribution is -1.91. The number of allylic oxidation sites excluding steroid dienone is 4. The maximum Gasteiger partial charge on any atom is -0.0280 e. The van der Waals surface area contributed by atoms with Gasteiger partial charge in [0.15, 0.2) is 0 Å². The molecule has 1 aliphatic carbocycles. The normalized spacial score (nSPS) is 16.8. The molecule has 1 aliphatic rings. The lowest BCUT2D eigenvalue weighted by molar-refractivity contribution is 0.887. The van der Waals surface area contributed by atoms with E-state index in [4.69, 9.17) is 0 Å². The molecule has 62 valence electrons. The Kier molecular flexibility index (Phi) is 4.60. The van der Waals surface area contributed by atoms with Crippen LogP contribution in [0.4, 0.5) is 0 Å². The summed E-state index contributed by atoms with van der Waals surface area (Å²) in [5.74, 6) is 0. The molecular formula is C11H18. The smallest absolute Gasteiger partial charge is 0.0280 e. The minimum Gasteiger partial charge on any atom is -0.106 e. The summed E-state index contributed by atoms with van der Waals surface area (Å²) in [4.78, 5) is 0. The van der Waals surface area contributed by atoms with Gasteiger partial charge in [0.2, 0.25) is 0 Å². The van der Waals surface area contributed by atoms with Crippen molar-refractivity contribution in [2.75, 3.05) is 0 Å². The molecule has 0 spiro atoms. The molecule has 0 aromatic carbocycles. The van der Waals surface area contributed by atoms with Gasteiger partial charge in [0.25, 0.3) is 0 Å². The molecule has 0 saturated carbocycles. The van der Waals surface area contributed by atoms with Gasteiger partial charge in [-0.25, -0.2) is 0 Å². The van der Waals surface area contributed by atoms with E-state index in [1.807, 2.05) is 0 Å². The van der Waals surface area contributed by atoms with E-state index < -0.39 is 0 Å². The molecule has 0 fully saturated rings. The monoisotopic (exact) mass is 150 g/mol. The molecule has 0 heteroatoms. The minimum absolute atomic E-state index is 1.27. The second-order valence-corrected chi connectivity index (χ2v) is 2.95. The van der Waals surface area contributed by atoms with Crippen LogP contribution in [0, 0.1) is 0 Å². The highest BCUT2D eigenvalue weighted by Gasteiger charge is 2.01. The number of hydrogen-bond donors (Lipinski definition) is 0. The highest BCUT2D eigenvalue weighted by atomic mass is 14.1. The third-order valence-electron chi connectivity index (χ3n) is 2.03. The first kappa shape index (κ1) is 10.2. The Labute approximate surface area is 70.3 Å². The van der Waals surface area contributed by atoms with Crippen LogP contribution < -0.4 is 0 Å². The summed E-state index contributed by atoms with van der Waals surface area (Å²) in [6.45, 7) is 12.6. The van der Waals surface area contributed by atoms with Crippen molar-refractivity contribution in [2.24, 2.45) is 0 Å². The topological polar surface area (TPSA) is 0 Å². The van der Waals surface area contributed by atoms with E-state index in [-0.39, 0.29) is 0 Å². The van der Waals surface area contributed by atoms with Gasteiger partial charge in [0.1, 0.15) is 0 Å². The molecule has 0 radical (unpaired) electrons. The predicted octanol–water partition coefficient (Wildman–Crippen LogP) is 3.87. The molecule has 0 heterocycles. The molecule has 0 bridgehead atoms. The summed E-state index contributed by atoms with van der Waals surface area (Å²) in [5, 5.41) is 0. The van der Waals surface area contributed by atoms with Crippen LogP contribution in [-0.2, 0) is 0 Å². The molecular weight excluding hydrogens is 132 g/mol. The summed E-state index contributed by atoms with van der Waals surface area (Å²) in [6, 6.07) is 0. The summed E-state index contributed by atoms with van der Waals surface area (Å²) in [7, 11) is 0. The number of rotatable bonds is 0. The Morgan fingerprint density at radius 3 is 2.00 bits per heavy atom. The average Bonchev–Trinajstić information content (AvgIpc) is 2.02. The molecule has 0 aromatic rings. The van der Waals surface area contributed by atoms with Gasteiger partial charge < -0.3 is 0 Å². The van der Waals surface area contributed by atoms with Crippen LogP contribution in [0.15, 0.2) is 36.0 Å². The summed E-state index contributed by atoms with van der Waals surface area (Å²) >= 11 is 0. The molecule has 0 atom stereocenters. The van der Waals surface area contributed by atoms with Crippen molar-refractivity contribution in [1.82, 2.24) is 0 Å². The Balaban J connectivity index is 0.000000461. The highest BCUT2D eigenvalue weighted by Crippen LogP contribution is 2.22. The van der Waals surface area contributed by atoms with Crippen molar-refractivity contribution >= 4 is 0 Å². The minimum atomic E-state index is 1.27. The Hall–Kier alpha value is -0.780. The zero-order chi connectivity index (χ0) is 8.85. The van der Waals surface area contributed by atoms with Crippen LogP contribution >= 0.6 is 0 Å². The molecule has 0 nitrogen and oxygen atoms in total. The first-order chi connectivity index (χ1) is 5.20. The molecule has 11 heavy (non-hydrogen) atoms. The van der Waals surface area contributed by atoms with Gasteiger partial charge in [-0.15, -0.1) is 13.2 Å². The summed E-state index contributed by atoms with van der Waals surface area (Å²) in [5.41, 5.74) is 4.55. The third kappa shape index (κ3) is 3.22. The first-order valence-corrected chi connectivity index (χ1v) is 4.03. The lowest BCUT2D eigenvalue weighted by atomic mass is 9.95. The molecule has 0 aromatic heterocycles. The highest BCUT2D eigenvalue weighted by molar-refractivity contribution is 5.29. The van der Waals surface area contributed by atoms with Crippen molar-refractivity contribution in [3.05, 3.63) is 36.0 Å². The lowest BCUT2D eigenvalue weighted by Gasteiger charge is -2.11. The maximum atomic E-state index is 3.00. The standard InChI is InChI=1S/C9H14.C2H4/c1-7-4-5-8(2)9(3)6-7;1-2/h6H,4-5H2,1-3H3;1-2H2. The van der Waals surface area contributed by atoms with Gasteiger partial charge in [0.05, 0.1) is 0 Å². The Morgan fingerprint density at radius 1 is 1.09 bits per heavy atom. The summed E-state index contributed by atoms with van der Waals surface area (Å²) in [6.07, 6.45) is 4.83. The molecule has 0 aliphatic heterocycles. The van der Waals surface area contributed by atoms with Crippen LogP contribution in [-0.4, -0.2) is 0 Å². The van der Waals surface area contributed by atoms with Gasteiger partial charge in [0, 0.05) is 0 Å². The van der Waals surface area contributed by atoms with Crippen molar-refractivity contribution in [2.45, 2.75) is 33.6 Å². The van der Waals surface area contributed by atoms with Gasteiger partial charge in [-0.3, -0.25) is 0 Å². The predicted molar refractivity (Wildman–Crippen MR) is 52.6 cm³/mol. The van der Waals surface area contributed by atoms with Crippen LogP contribution in [0.3, 0.4) is 0 Å². The molecule has 0 N–H and O–H groups in total. The fourth-order valence-corrected chi connectivity index (χ4v) is 1.15. The fraction of sp³-hybridized carbons (Fsp3) is 0.455. The maximum absolute atomic E-state index is 3.00. The van der Waals surface area contributed by atoms with E-state index in [0.29, 0.717) is 0 Å². The fourth-order valence-electron chi connectivity index (χ4n) is 1.15. The van der Waals surface area contributed by atoms with E-state index in [1.54, 1.807) is 5.57 Å². The molecule has 0 saturated heterocycles. The van der Waals surface area contributed by atoms with Gasteiger partial charge in [-0.05, 0) is 33.6 Å². The second kappa shape index (κ2) is 4.95. The molecule has 0 amide bonds. The van der Waals surface area contributed by atoms with Crippen molar-refractivity contribution in [3.8, 4) is 0 Å². The van der Waals surface area contributed by atoms with E-state index >= 15 is 0 Å². The summed E-state index contributed by atoms with van der Waals surface area (Å²) < 4.78 is 0. The van der Waals surface area contributed by atoms with Crippen LogP contribution in [0.2, 0.25) is 0 Å². The van der Waals surface area contributed by atoms with Crippen LogP contribution in [0.5, 0.6) is 0 Å². The van der Waals surface area contributed by atoms with E-state index in [0.717, 1.165) is 0 Å². The third-order valence-corrected chi connectivity index (χ3v) is 2.03. The Bertz CT molecular complexity index is 182. The van der Waals surface area contributed by atoms with Crippen molar-refractivity contribution in [3.63, 3.8) is 0 Å². The zero-order valence-corrected chi connectivity index (χ0v) is 7.91. The molecule has 1 rings (SSSR count). The van der Waals surface area contributed by atoms with Crippen LogP contribution in [0.1, 0.15) is 33.6 Å². The van der Waals surface area contributed by atoms with Gasteiger partial charge in [-0.2, -0.15) is 0 Å². The zero-order valence-electron chi connectivity index (χ0n) is 7.91. The Morgan fingerprint density at radius 2 is 1.64 bits per heavy atom. The quantitative estimate of drug-likeness (QED) is 0.460. The van der Waals surface area contributed by atoms with E-state index in [1.165, 1.54) is 24.0 Å². The van der Waals surface area contributed by atoms with E-state index in [9.17, 15) is 0 Å².